The Morgan fingerprint density at radius 3 is 2.46 bits per heavy atom. The van der Waals surface area contributed by atoms with Gasteiger partial charge in [0, 0.05) is 112 Å². The molecule has 0 spiro atoms. The van der Waals surface area contributed by atoms with Crippen LogP contribution in [0.15, 0.2) is 66.5 Å². The predicted octanol–water partition coefficient (Wildman–Crippen LogP) is 4.97. The van der Waals surface area contributed by atoms with E-state index in [2.05, 4.69) is 66.1 Å². The van der Waals surface area contributed by atoms with Crippen molar-refractivity contribution in [1.29, 1.82) is 0 Å². The SMILES string of the molecule is [C-]#[N+]/C(=C\c1cccnc1F)C(=O)NCCCCN1CCN(C(=O)c2ccc(N3CCN(CCCCCC#Cc4cccc5c4CN(C4CCC(=O)NC4=O)C5=O)CC3)cc2)CC(C)C1. The number of piperidine rings is 1. The first-order chi connectivity index (χ1) is 31.6. The van der Waals surface area contributed by atoms with Crippen molar-refractivity contribution in [2.75, 3.05) is 76.9 Å². The van der Waals surface area contributed by atoms with Crippen molar-refractivity contribution in [1.82, 2.24) is 35.2 Å². The number of benzene rings is 2. The van der Waals surface area contributed by atoms with E-state index in [1.165, 1.54) is 18.3 Å². The van der Waals surface area contributed by atoms with Gasteiger partial charge in [-0.15, -0.1) is 0 Å². The van der Waals surface area contributed by atoms with Crippen LogP contribution in [0.25, 0.3) is 10.9 Å². The number of carbonyl (C=O) groups excluding carboxylic acids is 5. The predicted molar refractivity (Wildman–Crippen MR) is 245 cm³/mol. The molecule has 2 N–H and O–H groups in total. The number of fused-ring (bicyclic) bond motifs is 1. The minimum atomic E-state index is -0.728. The number of imide groups is 1. The number of halogens is 1. The van der Waals surface area contributed by atoms with Crippen LogP contribution in [0.4, 0.5) is 10.1 Å². The second kappa shape index (κ2) is 22.5. The Labute approximate surface area is 381 Å². The van der Waals surface area contributed by atoms with Crippen molar-refractivity contribution in [3.63, 3.8) is 0 Å². The topological polar surface area (TPSA) is 143 Å². The Hall–Kier alpha value is -6.42. The van der Waals surface area contributed by atoms with Gasteiger partial charge in [0.25, 0.3) is 17.5 Å². The van der Waals surface area contributed by atoms with Gasteiger partial charge in [-0.3, -0.25) is 34.2 Å². The van der Waals surface area contributed by atoms with Crippen LogP contribution in [-0.2, 0) is 20.9 Å². The number of nitrogens with one attached hydrogen (secondary N) is 2. The van der Waals surface area contributed by atoms with Crippen LogP contribution in [0.2, 0.25) is 0 Å². The van der Waals surface area contributed by atoms with E-state index in [9.17, 15) is 28.4 Å². The molecule has 65 heavy (non-hydrogen) atoms. The van der Waals surface area contributed by atoms with Crippen LogP contribution in [0, 0.1) is 30.3 Å². The molecule has 3 saturated heterocycles. The van der Waals surface area contributed by atoms with E-state index >= 15 is 0 Å². The second-order valence-electron chi connectivity index (χ2n) is 17.4. The molecule has 1 aromatic heterocycles. The normalized spacial score (nSPS) is 19.5. The van der Waals surface area contributed by atoms with Crippen molar-refractivity contribution in [2.45, 2.75) is 70.9 Å². The van der Waals surface area contributed by atoms with Gasteiger partial charge in [0.2, 0.25) is 23.7 Å². The molecular weight excluding hydrogens is 826 g/mol. The summed E-state index contributed by atoms with van der Waals surface area (Å²) in [5, 5.41) is 5.12. The molecule has 3 aromatic rings. The van der Waals surface area contributed by atoms with E-state index < -0.39 is 23.8 Å². The van der Waals surface area contributed by atoms with Crippen molar-refractivity contribution in [2.24, 2.45) is 5.92 Å². The first-order valence-electron chi connectivity index (χ1n) is 22.9. The number of rotatable bonds is 15. The molecule has 5 heterocycles. The summed E-state index contributed by atoms with van der Waals surface area (Å²) in [6, 6.07) is 16.0. The maximum Gasteiger partial charge on any atom is 0.255 e. The molecule has 15 heteroatoms. The van der Waals surface area contributed by atoms with Crippen LogP contribution >= 0.6 is 0 Å². The fourth-order valence-electron chi connectivity index (χ4n) is 9.08. The highest BCUT2D eigenvalue weighted by Crippen LogP contribution is 2.30. The average Bonchev–Trinajstić information content (AvgIpc) is 3.52. The number of piperazine rings is 1. The molecule has 3 fully saturated rings. The van der Waals surface area contributed by atoms with E-state index in [0.29, 0.717) is 49.6 Å². The van der Waals surface area contributed by atoms with Crippen LogP contribution in [-0.4, -0.2) is 132 Å². The third kappa shape index (κ3) is 12.2. The van der Waals surface area contributed by atoms with Gasteiger partial charge < -0.3 is 24.9 Å². The number of unbranched alkanes of at least 4 members (excludes halogenated alkanes) is 4. The number of hydrogen-bond acceptors (Lipinski definition) is 9. The average molecular weight is 884 g/mol. The van der Waals surface area contributed by atoms with Gasteiger partial charge in [-0.2, -0.15) is 4.39 Å². The Morgan fingerprint density at radius 1 is 0.923 bits per heavy atom. The molecule has 5 amide bonds. The number of anilines is 1. The van der Waals surface area contributed by atoms with Crippen LogP contribution in [0.1, 0.15) is 95.7 Å². The van der Waals surface area contributed by atoms with E-state index in [1.54, 1.807) is 17.0 Å². The highest BCUT2D eigenvalue weighted by molar-refractivity contribution is 6.05. The van der Waals surface area contributed by atoms with Gasteiger partial charge in [-0.1, -0.05) is 37.3 Å². The smallest absolute Gasteiger partial charge is 0.255 e. The quantitative estimate of drug-likeness (QED) is 0.0541. The molecule has 2 atom stereocenters. The summed E-state index contributed by atoms with van der Waals surface area (Å²) >= 11 is 0. The summed E-state index contributed by atoms with van der Waals surface area (Å²) in [5.41, 5.74) is 4.01. The fourth-order valence-corrected chi connectivity index (χ4v) is 9.08. The van der Waals surface area contributed by atoms with Crippen molar-refractivity contribution < 1.29 is 28.4 Å². The minimum Gasteiger partial charge on any atom is -0.369 e. The second-order valence-corrected chi connectivity index (χ2v) is 17.4. The van der Waals surface area contributed by atoms with Gasteiger partial charge in [0.1, 0.15) is 6.04 Å². The van der Waals surface area contributed by atoms with Gasteiger partial charge in [0.15, 0.2) is 0 Å². The summed E-state index contributed by atoms with van der Waals surface area (Å²) in [6.07, 6.45) is 8.63. The summed E-state index contributed by atoms with van der Waals surface area (Å²) in [4.78, 5) is 81.0. The molecule has 0 radical (unpaired) electrons. The third-order valence-corrected chi connectivity index (χ3v) is 12.6. The number of hydrogen-bond donors (Lipinski definition) is 2. The molecule has 14 nitrogen and oxygen atoms in total. The largest absolute Gasteiger partial charge is 0.369 e. The summed E-state index contributed by atoms with van der Waals surface area (Å²) in [5.74, 6) is 4.78. The van der Waals surface area contributed by atoms with Gasteiger partial charge >= 0.3 is 0 Å². The first-order valence-corrected chi connectivity index (χ1v) is 22.9. The van der Waals surface area contributed by atoms with E-state index in [-0.39, 0.29) is 35.4 Å². The van der Waals surface area contributed by atoms with Crippen LogP contribution in [0.5, 0.6) is 0 Å². The lowest BCUT2D eigenvalue weighted by Crippen LogP contribution is -2.52. The lowest BCUT2D eigenvalue weighted by atomic mass is 10.0. The van der Waals surface area contributed by atoms with Crippen molar-refractivity contribution in [3.05, 3.63) is 112 Å². The number of nitrogens with zero attached hydrogens (tertiary/aromatic N) is 7. The third-order valence-electron chi connectivity index (χ3n) is 12.6. The molecule has 340 valence electrons. The Balaban J connectivity index is 0.768. The minimum absolute atomic E-state index is 0.0528. The summed E-state index contributed by atoms with van der Waals surface area (Å²) < 4.78 is 13.9. The number of aromatic nitrogens is 1. The molecule has 0 aliphatic carbocycles. The Morgan fingerprint density at radius 2 is 1.69 bits per heavy atom. The molecule has 2 aromatic carbocycles. The van der Waals surface area contributed by atoms with Crippen LogP contribution in [0.3, 0.4) is 0 Å². The Bertz CT molecular complexity index is 2360. The van der Waals surface area contributed by atoms with Gasteiger partial charge in [-0.05, 0) is 105 Å². The molecular formula is C50H58FN9O5. The molecule has 4 aliphatic heterocycles. The zero-order chi connectivity index (χ0) is 45.7. The first kappa shape index (κ1) is 46.6. The molecule has 2 unspecified atom stereocenters. The maximum atomic E-state index is 13.9. The number of amides is 5. The van der Waals surface area contributed by atoms with E-state index in [0.717, 1.165) is 108 Å². The lowest BCUT2D eigenvalue weighted by molar-refractivity contribution is -0.137. The molecule has 4 aliphatic rings. The number of pyridine rings is 1. The van der Waals surface area contributed by atoms with Gasteiger partial charge in [0.05, 0.1) is 6.57 Å². The van der Waals surface area contributed by atoms with E-state index in [4.69, 9.17) is 6.57 Å². The zero-order valence-electron chi connectivity index (χ0n) is 37.2. The van der Waals surface area contributed by atoms with Gasteiger partial charge in [-0.25, -0.2) is 9.83 Å². The van der Waals surface area contributed by atoms with Crippen LogP contribution < -0.4 is 15.5 Å². The highest BCUT2D eigenvalue weighted by Gasteiger charge is 2.39. The monoisotopic (exact) mass is 883 g/mol. The maximum absolute atomic E-state index is 13.9. The fraction of sp³-hybridized carbons (Fsp3) is 0.460. The lowest BCUT2D eigenvalue weighted by Gasteiger charge is -2.36. The standard InChI is InChI=1S/C50H58FN9O5/c1-36-33-57(25-9-7-22-54-47(62)43(52-2)32-39-14-11-23-53-46(39)51)28-31-59(34-36)49(64)38-16-18-40(19-17-38)58-29-26-56(27-30-58)24-8-5-3-4-6-12-37-13-10-15-41-42(37)35-60(50(41)65)44-20-21-45(61)55-48(44)63/h10-11,13-19,23,32,36,44H,3-5,7-9,20-22,24-31,33-35H2,1H3,(H,54,62)(H,55,61,63)/b43-32-. The highest BCUT2D eigenvalue weighted by atomic mass is 19.1. The van der Waals surface area contributed by atoms with Crippen molar-refractivity contribution in [3.8, 4) is 11.8 Å². The van der Waals surface area contributed by atoms with E-state index in [1.807, 2.05) is 29.2 Å². The van der Waals surface area contributed by atoms with Crippen molar-refractivity contribution >= 4 is 41.3 Å². The molecule has 0 saturated carbocycles. The summed E-state index contributed by atoms with van der Waals surface area (Å²) in [7, 11) is 0. The number of carbonyl (C=O) groups is 5. The summed E-state index contributed by atoms with van der Waals surface area (Å²) in [6.45, 7) is 19.0. The Kier molecular flexibility index (Phi) is 16.1. The zero-order valence-corrected chi connectivity index (χ0v) is 37.2. The molecule has 0 bridgehead atoms. The molecule has 7 rings (SSSR count).